The highest BCUT2D eigenvalue weighted by atomic mass is 32.1. The van der Waals surface area contributed by atoms with Crippen LogP contribution < -0.4 is 5.32 Å². The first-order chi connectivity index (χ1) is 15.0. The summed E-state index contributed by atoms with van der Waals surface area (Å²) in [7, 11) is 1.66. The number of hydrogen-bond donors (Lipinski definition) is 2. The van der Waals surface area contributed by atoms with Gasteiger partial charge in [0.2, 0.25) is 17.7 Å². The molecule has 170 valence electrons. The van der Waals surface area contributed by atoms with E-state index in [1.54, 1.807) is 50.5 Å². The normalized spacial score (nSPS) is 19.1. The Morgan fingerprint density at radius 3 is 2.59 bits per heavy atom. The quantitative estimate of drug-likeness (QED) is 0.578. The Hall–Kier alpha value is -2.79. The molecule has 1 fully saturated rings. The average molecular weight is 463 g/mol. The number of amides is 1. The third-order valence-electron chi connectivity index (χ3n) is 5.59. The lowest BCUT2D eigenvalue weighted by Crippen LogP contribution is -2.27. The molecule has 1 saturated carbocycles. The largest absolute Gasteiger partial charge is 0.384 e. The number of anilines is 1. The summed E-state index contributed by atoms with van der Waals surface area (Å²) in [5, 5.41) is 26.8. The van der Waals surface area contributed by atoms with Crippen LogP contribution in [0, 0.1) is 5.92 Å². The maximum Gasteiger partial charge on any atom is 0.248 e. The number of nitrogens with zero attached hydrogens (tertiary/aromatic N) is 5. The number of carbonyl (C=O) groups excluding carboxylic acids is 1. The number of carbonyl (C=O) groups is 1. The zero-order chi connectivity index (χ0) is 23.1. The molecule has 1 aliphatic rings. The van der Waals surface area contributed by atoms with Crippen LogP contribution >= 0.6 is 11.3 Å². The minimum absolute atomic E-state index is 0.233. The average Bonchev–Trinajstić information content (AvgIpc) is 3.43. The van der Waals surface area contributed by atoms with Gasteiger partial charge in [0, 0.05) is 23.8 Å². The van der Waals surface area contributed by atoms with E-state index in [9.17, 15) is 18.7 Å². The summed E-state index contributed by atoms with van der Waals surface area (Å²) in [6.07, 6.45) is -0.320. The van der Waals surface area contributed by atoms with Gasteiger partial charge in [-0.25, -0.2) is 13.8 Å². The van der Waals surface area contributed by atoms with Gasteiger partial charge in [0.25, 0.3) is 0 Å². The molecule has 0 spiro atoms. The van der Waals surface area contributed by atoms with E-state index in [1.165, 1.54) is 16.1 Å². The van der Waals surface area contributed by atoms with Gasteiger partial charge >= 0.3 is 0 Å². The molecule has 1 aliphatic carbocycles. The molecule has 3 aromatic rings. The summed E-state index contributed by atoms with van der Waals surface area (Å²) < 4.78 is 28.0. The van der Waals surface area contributed by atoms with Crippen molar-refractivity contribution in [2.45, 2.75) is 50.6 Å². The Balaban J connectivity index is 1.60. The Bertz CT molecular complexity index is 1110. The number of aromatic nitrogens is 5. The highest BCUT2D eigenvalue weighted by molar-refractivity contribution is 7.14. The maximum atomic E-state index is 14.0. The molecule has 1 aromatic carbocycles. The standard InChI is InChI=1S/C21H24F2N6O2S/c1-20(2,31)15-11-32-19(24-15)25-18(30)16(14-8-9-21(22,23)10-14)12-4-6-13(7-5-12)17-26-28-29(3)27-17/h4-7,11,14,16,31H,8-10H2,1-3H3,(H,24,25,30). The van der Waals surface area contributed by atoms with Crippen molar-refractivity contribution >= 4 is 22.4 Å². The van der Waals surface area contributed by atoms with Crippen LogP contribution in [0.25, 0.3) is 11.4 Å². The van der Waals surface area contributed by atoms with Crippen LogP contribution in [0.4, 0.5) is 13.9 Å². The lowest BCUT2D eigenvalue weighted by Gasteiger charge is -2.23. The van der Waals surface area contributed by atoms with Gasteiger partial charge in [0.1, 0.15) is 5.60 Å². The summed E-state index contributed by atoms with van der Waals surface area (Å²) in [5.41, 5.74) is 0.642. The van der Waals surface area contributed by atoms with E-state index in [0.717, 1.165) is 0 Å². The molecule has 0 saturated heterocycles. The monoisotopic (exact) mass is 462 g/mol. The predicted molar refractivity (Wildman–Crippen MR) is 115 cm³/mol. The second kappa shape index (κ2) is 8.28. The van der Waals surface area contributed by atoms with Crippen molar-refractivity contribution in [3.8, 4) is 11.4 Å². The summed E-state index contributed by atoms with van der Waals surface area (Å²) in [4.78, 5) is 18.9. The maximum absolute atomic E-state index is 14.0. The van der Waals surface area contributed by atoms with Crippen molar-refractivity contribution in [2.75, 3.05) is 5.32 Å². The van der Waals surface area contributed by atoms with Crippen molar-refractivity contribution in [3.05, 3.63) is 40.9 Å². The summed E-state index contributed by atoms with van der Waals surface area (Å²) in [5.74, 6) is -3.99. The van der Waals surface area contributed by atoms with E-state index < -0.39 is 29.3 Å². The topological polar surface area (TPSA) is 106 Å². The second-order valence-electron chi connectivity index (χ2n) is 8.65. The van der Waals surface area contributed by atoms with E-state index in [2.05, 4.69) is 25.7 Å². The molecular weight excluding hydrogens is 438 g/mol. The van der Waals surface area contributed by atoms with Gasteiger partial charge in [-0.15, -0.1) is 21.5 Å². The van der Waals surface area contributed by atoms with E-state index >= 15 is 0 Å². The van der Waals surface area contributed by atoms with Crippen LogP contribution in [0.3, 0.4) is 0 Å². The van der Waals surface area contributed by atoms with Gasteiger partial charge in [0.05, 0.1) is 18.7 Å². The summed E-state index contributed by atoms with van der Waals surface area (Å²) in [6.45, 7) is 3.20. The van der Waals surface area contributed by atoms with Crippen LogP contribution in [0.15, 0.2) is 29.6 Å². The van der Waals surface area contributed by atoms with Crippen LogP contribution in [0.1, 0.15) is 50.3 Å². The SMILES string of the molecule is Cn1nnc(-c2ccc(C(C(=O)Nc3nc(C(C)(C)O)cs3)C3CCC(F)(F)C3)cc2)n1. The van der Waals surface area contributed by atoms with Crippen molar-refractivity contribution in [1.29, 1.82) is 0 Å². The molecule has 2 aromatic heterocycles. The fourth-order valence-corrected chi connectivity index (χ4v) is 4.82. The smallest absolute Gasteiger partial charge is 0.248 e. The molecular formula is C21H24F2N6O2S. The first kappa shape index (κ1) is 22.4. The Morgan fingerprint density at radius 2 is 2.06 bits per heavy atom. The fraction of sp³-hybridized carbons (Fsp3) is 0.476. The third-order valence-corrected chi connectivity index (χ3v) is 6.35. The fourth-order valence-electron chi connectivity index (χ4n) is 3.94. The number of halogens is 2. The molecule has 1 amide bonds. The van der Waals surface area contributed by atoms with E-state index in [1.807, 2.05) is 0 Å². The lowest BCUT2D eigenvalue weighted by molar-refractivity contribution is -0.118. The molecule has 4 rings (SSSR count). The van der Waals surface area contributed by atoms with E-state index in [4.69, 9.17) is 0 Å². The molecule has 32 heavy (non-hydrogen) atoms. The van der Waals surface area contributed by atoms with Crippen molar-refractivity contribution < 1.29 is 18.7 Å². The number of rotatable bonds is 6. The Morgan fingerprint density at radius 1 is 1.34 bits per heavy atom. The molecule has 11 heteroatoms. The van der Waals surface area contributed by atoms with Gasteiger partial charge in [0.15, 0.2) is 5.13 Å². The van der Waals surface area contributed by atoms with Crippen molar-refractivity contribution in [3.63, 3.8) is 0 Å². The number of aliphatic hydroxyl groups is 1. The van der Waals surface area contributed by atoms with Gasteiger partial charge < -0.3 is 10.4 Å². The van der Waals surface area contributed by atoms with Gasteiger partial charge in [-0.3, -0.25) is 4.79 Å². The number of tetrazole rings is 1. The molecule has 0 radical (unpaired) electrons. The number of hydrogen-bond acceptors (Lipinski definition) is 7. The first-order valence-electron chi connectivity index (χ1n) is 10.2. The van der Waals surface area contributed by atoms with E-state index in [0.29, 0.717) is 27.8 Å². The number of aryl methyl sites for hydroxylation is 1. The Labute approximate surface area is 187 Å². The number of alkyl halides is 2. The van der Waals surface area contributed by atoms with Crippen LogP contribution in [0.2, 0.25) is 0 Å². The molecule has 8 nitrogen and oxygen atoms in total. The number of benzene rings is 1. The molecule has 2 heterocycles. The van der Waals surface area contributed by atoms with Crippen LogP contribution in [-0.2, 0) is 17.4 Å². The minimum Gasteiger partial charge on any atom is -0.384 e. The van der Waals surface area contributed by atoms with Gasteiger partial charge in [-0.2, -0.15) is 4.80 Å². The highest BCUT2D eigenvalue weighted by Gasteiger charge is 2.45. The predicted octanol–water partition coefficient (Wildman–Crippen LogP) is 3.72. The summed E-state index contributed by atoms with van der Waals surface area (Å²) >= 11 is 1.18. The van der Waals surface area contributed by atoms with Crippen molar-refractivity contribution in [1.82, 2.24) is 25.2 Å². The zero-order valence-corrected chi connectivity index (χ0v) is 18.7. The molecule has 2 atom stereocenters. The lowest BCUT2D eigenvalue weighted by atomic mass is 9.83. The van der Waals surface area contributed by atoms with Crippen LogP contribution in [0.5, 0.6) is 0 Å². The molecule has 2 N–H and O–H groups in total. The summed E-state index contributed by atoms with van der Waals surface area (Å²) in [6, 6.07) is 7.01. The molecule has 0 bridgehead atoms. The highest BCUT2D eigenvalue weighted by Crippen LogP contribution is 2.46. The van der Waals surface area contributed by atoms with Gasteiger partial charge in [-0.05, 0) is 37.0 Å². The Kier molecular flexibility index (Phi) is 5.80. The van der Waals surface area contributed by atoms with Crippen LogP contribution in [-0.4, -0.2) is 42.1 Å². The third kappa shape index (κ3) is 4.83. The zero-order valence-electron chi connectivity index (χ0n) is 17.9. The second-order valence-corrected chi connectivity index (χ2v) is 9.51. The molecule has 2 unspecified atom stereocenters. The first-order valence-corrected chi connectivity index (χ1v) is 11.1. The van der Waals surface area contributed by atoms with Gasteiger partial charge in [-0.1, -0.05) is 24.3 Å². The van der Waals surface area contributed by atoms with Crippen molar-refractivity contribution in [2.24, 2.45) is 13.0 Å². The molecule has 0 aliphatic heterocycles. The number of thiazole rings is 1. The number of nitrogens with one attached hydrogen (secondary N) is 1. The van der Waals surface area contributed by atoms with E-state index in [-0.39, 0.29) is 19.3 Å². The minimum atomic E-state index is -2.78.